The first-order chi connectivity index (χ1) is 9.24. The van der Waals surface area contributed by atoms with Gasteiger partial charge in [0.1, 0.15) is 0 Å². The van der Waals surface area contributed by atoms with E-state index in [0.717, 1.165) is 31.7 Å². The van der Waals surface area contributed by atoms with E-state index in [-0.39, 0.29) is 0 Å². The van der Waals surface area contributed by atoms with Gasteiger partial charge in [0, 0.05) is 37.7 Å². The number of hydrogen-bond donors (Lipinski definition) is 1. The zero-order chi connectivity index (χ0) is 13.2. The Morgan fingerprint density at radius 2 is 2.21 bits per heavy atom. The third kappa shape index (κ3) is 2.47. The highest BCUT2D eigenvalue weighted by Crippen LogP contribution is 2.25. The summed E-state index contributed by atoms with van der Waals surface area (Å²) in [5, 5.41) is 0. The van der Waals surface area contributed by atoms with Crippen LogP contribution < -0.4 is 5.73 Å². The summed E-state index contributed by atoms with van der Waals surface area (Å²) in [7, 11) is 0. The van der Waals surface area contributed by atoms with Gasteiger partial charge in [-0.3, -0.25) is 9.88 Å². The van der Waals surface area contributed by atoms with Gasteiger partial charge in [-0.05, 0) is 47.7 Å². The number of nitrogens with zero attached hydrogens (tertiary/aromatic N) is 2. The molecule has 1 aromatic heterocycles. The fraction of sp³-hybridized carbons (Fsp3) is 0.312. The van der Waals surface area contributed by atoms with Crippen LogP contribution in [0.1, 0.15) is 22.3 Å². The van der Waals surface area contributed by atoms with Crippen LogP contribution in [0.5, 0.6) is 0 Å². The third-order valence-electron chi connectivity index (χ3n) is 3.93. The Morgan fingerprint density at radius 3 is 3.05 bits per heavy atom. The SMILES string of the molecule is Cc1ccncc1CN1CCc2cccc(N)c2C1. The van der Waals surface area contributed by atoms with Gasteiger partial charge >= 0.3 is 0 Å². The summed E-state index contributed by atoms with van der Waals surface area (Å²) < 4.78 is 0. The normalized spacial score (nSPS) is 15.2. The quantitative estimate of drug-likeness (QED) is 0.836. The molecule has 98 valence electrons. The van der Waals surface area contributed by atoms with Crippen LogP contribution in [0.4, 0.5) is 5.69 Å². The molecule has 0 atom stereocenters. The Labute approximate surface area is 114 Å². The van der Waals surface area contributed by atoms with Crippen molar-refractivity contribution in [3.63, 3.8) is 0 Å². The number of benzene rings is 1. The van der Waals surface area contributed by atoms with Crippen LogP contribution >= 0.6 is 0 Å². The minimum Gasteiger partial charge on any atom is -0.398 e. The number of nitrogens with two attached hydrogens (primary N) is 1. The second kappa shape index (κ2) is 5.02. The Morgan fingerprint density at radius 1 is 1.32 bits per heavy atom. The fourth-order valence-corrected chi connectivity index (χ4v) is 2.70. The topological polar surface area (TPSA) is 42.2 Å². The first-order valence-corrected chi connectivity index (χ1v) is 6.72. The van der Waals surface area contributed by atoms with E-state index < -0.39 is 0 Å². The highest BCUT2D eigenvalue weighted by molar-refractivity contribution is 5.51. The van der Waals surface area contributed by atoms with E-state index in [0.29, 0.717) is 0 Å². The first kappa shape index (κ1) is 12.2. The van der Waals surface area contributed by atoms with E-state index in [1.165, 1.54) is 22.3 Å². The molecular formula is C16H19N3. The van der Waals surface area contributed by atoms with E-state index >= 15 is 0 Å². The fourth-order valence-electron chi connectivity index (χ4n) is 2.70. The molecule has 3 heteroatoms. The Kier molecular flexibility index (Phi) is 3.22. The number of aromatic nitrogens is 1. The van der Waals surface area contributed by atoms with Gasteiger partial charge in [-0.15, -0.1) is 0 Å². The Hall–Kier alpha value is -1.87. The largest absolute Gasteiger partial charge is 0.398 e. The lowest BCUT2D eigenvalue weighted by atomic mass is 9.97. The van der Waals surface area contributed by atoms with Gasteiger partial charge in [0.25, 0.3) is 0 Å². The molecule has 0 spiro atoms. The molecule has 1 aliphatic heterocycles. The number of pyridine rings is 1. The maximum Gasteiger partial charge on any atom is 0.0362 e. The van der Waals surface area contributed by atoms with Gasteiger partial charge < -0.3 is 5.73 Å². The Bertz CT molecular complexity index is 592. The molecule has 0 bridgehead atoms. The number of nitrogen functional groups attached to an aromatic ring is 1. The average Bonchev–Trinajstić information content (AvgIpc) is 2.42. The van der Waals surface area contributed by atoms with E-state index in [1.807, 2.05) is 18.5 Å². The molecule has 0 aliphatic carbocycles. The summed E-state index contributed by atoms with van der Waals surface area (Å²) in [4.78, 5) is 6.67. The predicted octanol–water partition coefficient (Wildman–Crippen LogP) is 2.53. The lowest BCUT2D eigenvalue weighted by Gasteiger charge is -2.29. The van der Waals surface area contributed by atoms with Gasteiger partial charge in [0.05, 0.1) is 0 Å². The number of aryl methyl sites for hydroxylation is 1. The maximum absolute atomic E-state index is 6.09. The number of rotatable bonds is 2. The number of fused-ring (bicyclic) bond motifs is 1. The van der Waals surface area contributed by atoms with Gasteiger partial charge in [-0.2, -0.15) is 0 Å². The summed E-state index contributed by atoms with van der Waals surface area (Å²) in [6.07, 6.45) is 4.90. The zero-order valence-electron chi connectivity index (χ0n) is 11.3. The van der Waals surface area contributed by atoms with Crippen molar-refractivity contribution in [2.24, 2.45) is 0 Å². The first-order valence-electron chi connectivity index (χ1n) is 6.72. The molecule has 3 nitrogen and oxygen atoms in total. The molecule has 0 unspecified atom stereocenters. The maximum atomic E-state index is 6.09. The van der Waals surface area contributed by atoms with Gasteiger partial charge in [-0.1, -0.05) is 12.1 Å². The molecule has 0 amide bonds. The molecule has 1 aliphatic rings. The van der Waals surface area contributed by atoms with Gasteiger partial charge in [-0.25, -0.2) is 0 Å². The van der Waals surface area contributed by atoms with Crippen molar-refractivity contribution >= 4 is 5.69 Å². The lowest BCUT2D eigenvalue weighted by molar-refractivity contribution is 0.245. The standard InChI is InChI=1S/C16H19N3/c1-12-5-7-18-9-14(12)10-19-8-6-13-3-2-4-16(17)15(13)11-19/h2-5,7,9H,6,8,10-11,17H2,1H3. The van der Waals surface area contributed by atoms with E-state index in [4.69, 9.17) is 5.73 Å². The second-order valence-corrected chi connectivity index (χ2v) is 5.25. The van der Waals surface area contributed by atoms with Crippen molar-refractivity contribution < 1.29 is 0 Å². The highest BCUT2D eigenvalue weighted by Gasteiger charge is 2.18. The van der Waals surface area contributed by atoms with Crippen molar-refractivity contribution in [2.45, 2.75) is 26.4 Å². The van der Waals surface area contributed by atoms with Crippen LogP contribution in [0.25, 0.3) is 0 Å². The second-order valence-electron chi connectivity index (χ2n) is 5.25. The minimum atomic E-state index is 0.921. The van der Waals surface area contributed by atoms with Crippen molar-refractivity contribution in [3.05, 3.63) is 58.9 Å². The van der Waals surface area contributed by atoms with Crippen LogP contribution in [0.2, 0.25) is 0 Å². The molecule has 2 aromatic rings. The van der Waals surface area contributed by atoms with Crippen molar-refractivity contribution in [1.82, 2.24) is 9.88 Å². The smallest absolute Gasteiger partial charge is 0.0362 e. The van der Waals surface area contributed by atoms with Crippen molar-refractivity contribution in [1.29, 1.82) is 0 Å². The van der Waals surface area contributed by atoms with Crippen LogP contribution in [0, 0.1) is 6.92 Å². The van der Waals surface area contributed by atoms with Crippen molar-refractivity contribution in [2.75, 3.05) is 12.3 Å². The monoisotopic (exact) mass is 253 g/mol. The Balaban J connectivity index is 1.79. The number of hydrogen-bond acceptors (Lipinski definition) is 3. The van der Waals surface area contributed by atoms with Crippen LogP contribution in [0.3, 0.4) is 0 Å². The third-order valence-corrected chi connectivity index (χ3v) is 3.93. The molecule has 19 heavy (non-hydrogen) atoms. The van der Waals surface area contributed by atoms with Crippen LogP contribution in [0.15, 0.2) is 36.7 Å². The molecule has 0 fully saturated rings. The molecule has 2 N–H and O–H groups in total. The summed E-state index contributed by atoms with van der Waals surface area (Å²) in [6, 6.07) is 8.31. The van der Waals surface area contributed by atoms with E-state index in [2.05, 4.69) is 35.0 Å². The molecule has 1 aromatic carbocycles. The van der Waals surface area contributed by atoms with Crippen LogP contribution in [-0.4, -0.2) is 16.4 Å². The van der Waals surface area contributed by atoms with Gasteiger partial charge in [0.15, 0.2) is 0 Å². The van der Waals surface area contributed by atoms with E-state index in [1.54, 1.807) is 0 Å². The molecule has 3 rings (SSSR count). The predicted molar refractivity (Wildman–Crippen MR) is 77.6 cm³/mol. The summed E-state index contributed by atoms with van der Waals surface area (Å²) in [5.74, 6) is 0. The molecule has 0 radical (unpaired) electrons. The number of anilines is 1. The highest BCUT2D eigenvalue weighted by atomic mass is 15.1. The average molecular weight is 253 g/mol. The minimum absolute atomic E-state index is 0.921. The molecular weight excluding hydrogens is 234 g/mol. The summed E-state index contributed by atoms with van der Waals surface area (Å²) >= 11 is 0. The lowest BCUT2D eigenvalue weighted by Crippen LogP contribution is -2.30. The molecule has 2 heterocycles. The van der Waals surface area contributed by atoms with Crippen molar-refractivity contribution in [3.8, 4) is 0 Å². The molecule has 0 saturated carbocycles. The van der Waals surface area contributed by atoms with Gasteiger partial charge in [0.2, 0.25) is 0 Å². The summed E-state index contributed by atoms with van der Waals surface area (Å²) in [6.45, 7) is 5.12. The van der Waals surface area contributed by atoms with Crippen LogP contribution in [-0.2, 0) is 19.5 Å². The summed E-state index contributed by atoms with van der Waals surface area (Å²) in [5.41, 5.74) is 12.3. The zero-order valence-corrected chi connectivity index (χ0v) is 11.3. The molecule has 0 saturated heterocycles. The van der Waals surface area contributed by atoms with E-state index in [9.17, 15) is 0 Å².